The van der Waals surface area contributed by atoms with Crippen LogP contribution in [-0.2, 0) is 13.6 Å². The fourth-order valence-electron chi connectivity index (χ4n) is 5.10. The van der Waals surface area contributed by atoms with E-state index in [-0.39, 0.29) is 36.6 Å². The number of amides is 1. The fraction of sp³-hybridized carbons (Fsp3) is 0.467. The Hall–Kier alpha value is -3.77. The van der Waals surface area contributed by atoms with Crippen molar-refractivity contribution in [2.75, 3.05) is 26.7 Å². The molecule has 12 heteroatoms. The van der Waals surface area contributed by atoms with Gasteiger partial charge in [-0.3, -0.25) is 9.59 Å². The van der Waals surface area contributed by atoms with Crippen LogP contribution in [0.3, 0.4) is 0 Å². The Bertz CT molecular complexity index is 1510. The molecule has 42 heavy (non-hydrogen) atoms. The van der Waals surface area contributed by atoms with Crippen LogP contribution in [0.25, 0.3) is 5.52 Å². The standard InChI is InChI=1S/C30H42F3N7O2/c1-18-12-19(2)39(7)29(42)26(18)15-37-28(41)25-14-24-13-23(22(5)38(6)11-8-34)16-40(24)27(20(25)3)21(4)36-10-9-35-17-30(31,32)33/h8,11-14,16,21-22,35-36H,9-10,15,17,34H2,1-7H3,(H,37,41)/b11-8-. The maximum absolute atomic E-state index is 13.6. The number of hydrogen-bond donors (Lipinski definition) is 4. The summed E-state index contributed by atoms with van der Waals surface area (Å²) < 4.78 is 41.1. The smallest absolute Gasteiger partial charge is 0.401 e. The summed E-state index contributed by atoms with van der Waals surface area (Å²) in [6.07, 6.45) is 0.964. The molecule has 3 aromatic rings. The van der Waals surface area contributed by atoms with Gasteiger partial charge in [0.2, 0.25) is 0 Å². The van der Waals surface area contributed by atoms with E-state index in [4.69, 9.17) is 5.73 Å². The third-order valence-corrected chi connectivity index (χ3v) is 7.78. The van der Waals surface area contributed by atoms with Gasteiger partial charge in [-0.1, -0.05) is 0 Å². The SMILES string of the molecule is Cc1cc(C)n(C)c(=O)c1CNC(=O)c1cc2cc(C(C)N(C)/C=C\N)cn2c(C(C)NCCNCC(F)(F)F)c1C. The molecule has 0 saturated carbocycles. The van der Waals surface area contributed by atoms with E-state index in [9.17, 15) is 22.8 Å². The zero-order chi connectivity index (χ0) is 31.4. The number of hydrogen-bond acceptors (Lipinski definition) is 6. The Morgan fingerprint density at radius 2 is 1.83 bits per heavy atom. The van der Waals surface area contributed by atoms with Crippen LogP contribution in [0.1, 0.15) is 69.9 Å². The van der Waals surface area contributed by atoms with Gasteiger partial charge in [0.05, 0.1) is 12.6 Å². The second-order valence-electron chi connectivity index (χ2n) is 10.8. The number of halogens is 3. The largest absolute Gasteiger partial charge is 0.403 e. The van der Waals surface area contributed by atoms with Crippen LogP contribution in [0.4, 0.5) is 13.2 Å². The highest BCUT2D eigenvalue weighted by Crippen LogP contribution is 2.29. The predicted octanol–water partition coefficient (Wildman–Crippen LogP) is 3.72. The fourth-order valence-corrected chi connectivity index (χ4v) is 5.10. The molecular formula is C30H42F3N7O2. The topological polar surface area (TPSA) is 109 Å². The molecule has 2 unspecified atom stereocenters. The third-order valence-electron chi connectivity index (χ3n) is 7.78. The van der Waals surface area contributed by atoms with Gasteiger partial charge >= 0.3 is 6.18 Å². The number of nitrogens with two attached hydrogens (primary N) is 1. The van der Waals surface area contributed by atoms with Crippen molar-refractivity contribution in [3.63, 3.8) is 0 Å². The third kappa shape index (κ3) is 7.54. The number of carbonyl (C=O) groups excluding carboxylic acids is 1. The van der Waals surface area contributed by atoms with E-state index in [2.05, 4.69) is 16.0 Å². The maximum Gasteiger partial charge on any atom is 0.401 e. The number of alkyl halides is 3. The molecule has 3 heterocycles. The van der Waals surface area contributed by atoms with Crippen molar-refractivity contribution in [1.29, 1.82) is 0 Å². The Labute approximate surface area is 244 Å². The highest BCUT2D eigenvalue weighted by atomic mass is 19.4. The first-order chi connectivity index (χ1) is 19.7. The summed E-state index contributed by atoms with van der Waals surface area (Å²) in [4.78, 5) is 28.4. The van der Waals surface area contributed by atoms with Crippen molar-refractivity contribution in [3.8, 4) is 0 Å². The second-order valence-corrected chi connectivity index (χ2v) is 10.8. The average molecular weight is 590 g/mol. The van der Waals surface area contributed by atoms with E-state index in [1.54, 1.807) is 17.8 Å². The molecule has 0 aromatic carbocycles. The van der Waals surface area contributed by atoms with Gasteiger partial charge in [-0.2, -0.15) is 13.2 Å². The van der Waals surface area contributed by atoms with E-state index in [1.807, 2.05) is 75.4 Å². The van der Waals surface area contributed by atoms with E-state index < -0.39 is 12.7 Å². The number of carbonyl (C=O) groups is 1. The van der Waals surface area contributed by atoms with Gasteiger partial charge in [-0.15, -0.1) is 0 Å². The summed E-state index contributed by atoms with van der Waals surface area (Å²) in [5.41, 5.74) is 11.4. The highest BCUT2D eigenvalue weighted by Gasteiger charge is 2.26. The molecule has 0 aliphatic carbocycles. The van der Waals surface area contributed by atoms with Crippen LogP contribution in [0.15, 0.2) is 41.6 Å². The van der Waals surface area contributed by atoms with Crippen molar-refractivity contribution in [2.45, 2.75) is 59.4 Å². The van der Waals surface area contributed by atoms with Crippen LogP contribution >= 0.6 is 0 Å². The van der Waals surface area contributed by atoms with E-state index >= 15 is 0 Å². The van der Waals surface area contributed by atoms with Crippen molar-refractivity contribution in [2.24, 2.45) is 12.8 Å². The van der Waals surface area contributed by atoms with Crippen molar-refractivity contribution in [3.05, 3.63) is 86.4 Å². The van der Waals surface area contributed by atoms with Crippen LogP contribution in [-0.4, -0.2) is 52.6 Å². The molecule has 9 nitrogen and oxygen atoms in total. The quantitative estimate of drug-likeness (QED) is 0.240. The summed E-state index contributed by atoms with van der Waals surface area (Å²) in [6, 6.07) is 5.42. The molecule has 2 atom stereocenters. The lowest BCUT2D eigenvalue weighted by Gasteiger charge is -2.22. The Balaban J connectivity index is 1.97. The predicted molar refractivity (Wildman–Crippen MR) is 159 cm³/mol. The Morgan fingerprint density at radius 1 is 1.14 bits per heavy atom. The number of nitrogens with one attached hydrogen (secondary N) is 3. The summed E-state index contributed by atoms with van der Waals surface area (Å²) in [5.74, 6) is -0.323. The van der Waals surface area contributed by atoms with E-state index in [0.29, 0.717) is 17.7 Å². The summed E-state index contributed by atoms with van der Waals surface area (Å²) >= 11 is 0. The summed E-state index contributed by atoms with van der Waals surface area (Å²) in [5, 5.41) is 8.61. The monoisotopic (exact) mass is 589 g/mol. The molecule has 0 saturated heterocycles. The minimum atomic E-state index is -4.28. The Kier molecular flexibility index (Phi) is 10.5. The lowest BCUT2D eigenvalue weighted by molar-refractivity contribution is -0.124. The molecular weight excluding hydrogens is 547 g/mol. The first kappa shape index (κ1) is 32.7. The van der Waals surface area contributed by atoms with Crippen molar-refractivity contribution in [1.82, 2.24) is 29.8 Å². The lowest BCUT2D eigenvalue weighted by atomic mass is 10.0. The van der Waals surface area contributed by atoms with Gasteiger partial charge in [0.1, 0.15) is 0 Å². The molecule has 3 rings (SSSR count). The van der Waals surface area contributed by atoms with Gasteiger partial charge in [0.25, 0.3) is 11.5 Å². The number of aromatic nitrogens is 2. The average Bonchev–Trinajstić information content (AvgIpc) is 3.33. The molecule has 230 valence electrons. The molecule has 0 bridgehead atoms. The molecule has 5 N–H and O–H groups in total. The van der Waals surface area contributed by atoms with Gasteiger partial charge in [0, 0.05) is 86.4 Å². The molecule has 0 radical (unpaired) electrons. The van der Waals surface area contributed by atoms with Gasteiger partial charge < -0.3 is 35.6 Å². The number of pyridine rings is 2. The van der Waals surface area contributed by atoms with Crippen LogP contribution in [0.5, 0.6) is 0 Å². The van der Waals surface area contributed by atoms with Gasteiger partial charge in [-0.05, 0) is 69.5 Å². The minimum Gasteiger partial charge on any atom is -0.403 e. The number of fused-ring (bicyclic) bond motifs is 1. The first-order valence-corrected chi connectivity index (χ1v) is 13.9. The summed E-state index contributed by atoms with van der Waals surface area (Å²) in [6.45, 7) is 8.95. The van der Waals surface area contributed by atoms with Gasteiger partial charge in [0.15, 0.2) is 0 Å². The number of aryl methyl sites for hydroxylation is 2. The molecule has 1 amide bonds. The minimum absolute atomic E-state index is 0.0225. The van der Waals surface area contributed by atoms with E-state index in [0.717, 1.165) is 33.6 Å². The highest BCUT2D eigenvalue weighted by molar-refractivity contribution is 5.97. The van der Waals surface area contributed by atoms with Crippen LogP contribution < -0.4 is 27.2 Å². The molecule has 0 spiro atoms. The zero-order valence-corrected chi connectivity index (χ0v) is 25.3. The lowest BCUT2D eigenvalue weighted by Crippen LogP contribution is -2.35. The molecule has 3 aromatic heterocycles. The van der Waals surface area contributed by atoms with E-state index in [1.165, 1.54) is 6.20 Å². The maximum atomic E-state index is 13.6. The summed E-state index contributed by atoms with van der Waals surface area (Å²) in [7, 11) is 3.61. The molecule has 0 aliphatic heterocycles. The normalized spacial score (nSPS) is 13.6. The van der Waals surface area contributed by atoms with Gasteiger partial charge in [-0.25, -0.2) is 0 Å². The Morgan fingerprint density at radius 3 is 2.48 bits per heavy atom. The zero-order valence-electron chi connectivity index (χ0n) is 25.3. The molecule has 0 fully saturated rings. The van der Waals surface area contributed by atoms with Crippen molar-refractivity contribution >= 4 is 11.4 Å². The molecule has 0 aliphatic rings. The first-order valence-electron chi connectivity index (χ1n) is 13.9. The van der Waals surface area contributed by atoms with Crippen LogP contribution in [0, 0.1) is 20.8 Å². The number of rotatable bonds is 12. The number of nitrogens with zero attached hydrogens (tertiary/aromatic N) is 3. The second kappa shape index (κ2) is 13.5. The van der Waals surface area contributed by atoms with Crippen LogP contribution in [0.2, 0.25) is 0 Å². The van der Waals surface area contributed by atoms with Crippen molar-refractivity contribution < 1.29 is 18.0 Å².